The Kier molecular flexibility index (Phi) is 7.56. The van der Waals surface area contributed by atoms with Gasteiger partial charge in [-0.05, 0) is 60.0 Å². The molecule has 2 heterocycles. The molecule has 168 valence electrons. The van der Waals surface area contributed by atoms with Crippen LogP contribution in [0.1, 0.15) is 38.3 Å². The van der Waals surface area contributed by atoms with Gasteiger partial charge in [-0.3, -0.25) is 9.78 Å². The molecule has 0 fully saturated rings. The summed E-state index contributed by atoms with van der Waals surface area (Å²) in [6.45, 7) is 4.09. The standard InChI is InChI=1S/C25H27FN2O4/c1-16(2)23-15-21(22-5-3-4-11-27-22)25(17-6-8-18(26)9-7-17)28(23)12-10-19(29)13-20(30)14-24(31)32/h3-12,15-16,19-20,29-30H,13-14H2,1-2H3,(H,31,32)/b12-10+/t19-,20-/m1/s1. The first-order chi connectivity index (χ1) is 15.3. The number of nitrogens with zero attached hydrogens (tertiary/aromatic N) is 2. The molecule has 2 atom stereocenters. The zero-order valence-electron chi connectivity index (χ0n) is 18.0. The van der Waals surface area contributed by atoms with E-state index in [9.17, 15) is 19.4 Å². The zero-order chi connectivity index (χ0) is 23.3. The fourth-order valence-corrected chi connectivity index (χ4v) is 3.60. The van der Waals surface area contributed by atoms with Crippen LogP contribution in [0.15, 0.2) is 60.8 Å². The van der Waals surface area contributed by atoms with Crippen molar-refractivity contribution < 1.29 is 24.5 Å². The number of carboxylic acids is 1. The largest absolute Gasteiger partial charge is 0.481 e. The minimum Gasteiger partial charge on any atom is -0.481 e. The molecule has 0 bridgehead atoms. The summed E-state index contributed by atoms with van der Waals surface area (Å²) in [7, 11) is 0. The molecule has 2 aromatic heterocycles. The Morgan fingerprint density at radius 3 is 2.47 bits per heavy atom. The SMILES string of the molecule is CC(C)c1cc(-c2ccccn2)c(-c2ccc(F)cc2)n1/C=C/[C@@H](O)C[C@@H](O)CC(=O)O. The lowest BCUT2D eigenvalue weighted by Crippen LogP contribution is -2.19. The van der Waals surface area contributed by atoms with Gasteiger partial charge in [-0.2, -0.15) is 0 Å². The second kappa shape index (κ2) is 10.3. The van der Waals surface area contributed by atoms with Crippen LogP contribution in [0.3, 0.4) is 0 Å². The summed E-state index contributed by atoms with van der Waals surface area (Å²) in [6.07, 6.45) is 2.22. The average molecular weight is 438 g/mol. The molecule has 0 radical (unpaired) electrons. The fourth-order valence-electron chi connectivity index (χ4n) is 3.60. The maximum absolute atomic E-state index is 13.6. The predicted octanol–water partition coefficient (Wildman–Crippen LogP) is 4.54. The van der Waals surface area contributed by atoms with Gasteiger partial charge in [0.2, 0.25) is 0 Å². The summed E-state index contributed by atoms with van der Waals surface area (Å²) in [4.78, 5) is 15.2. The minimum absolute atomic E-state index is 0.0972. The van der Waals surface area contributed by atoms with Crippen molar-refractivity contribution in [3.8, 4) is 22.5 Å². The molecule has 3 aromatic rings. The summed E-state index contributed by atoms with van der Waals surface area (Å²) in [5.41, 5.74) is 4.16. The molecule has 1 aromatic carbocycles. The number of aromatic nitrogens is 2. The predicted molar refractivity (Wildman–Crippen MR) is 121 cm³/mol. The van der Waals surface area contributed by atoms with E-state index in [1.54, 1.807) is 24.5 Å². The third-order valence-electron chi connectivity index (χ3n) is 5.10. The van der Waals surface area contributed by atoms with Crippen LogP contribution in [0.5, 0.6) is 0 Å². The molecule has 3 N–H and O–H groups in total. The molecular formula is C25H27FN2O4. The summed E-state index contributed by atoms with van der Waals surface area (Å²) in [5, 5.41) is 28.9. The molecule has 0 aliphatic heterocycles. The molecular weight excluding hydrogens is 411 g/mol. The van der Waals surface area contributed by atoms with Crippen LogP contribution >= 0.6 is 0 Å². The molecule has 0 amide bonds. The Morgan fingerprint density at radius 1 is 1.16 bits per heavy atom. The number of rotatable bonds is 9. The van der Waals surface area contributed by atoms with Gasteiger partial charge in [0.25, 0.3) is 0 Å². The first-order valence-corrected chi connectivity index (χ1v) is 10.4. The molecule has 6 nitrogen and oxygen atoms in total. The lowest BCUT2D eigenvalue weighted by Gasteiger charge is -2.15. The molecule has 7 heteroatoms. The topological polar surface area (TPSA) is 95.6 Å². The molecule has 0 spiro atoms. The Labute approximate surface area is 186 Å². The molecule has 0 saturated heterocycles. The highest BCUT2D eigenvalue weighted by atomic mass is 19.1. The van der Waals surface area contributed by atoms with Crippen LogP contribution in [-0.2, 0) is 4.79 Å². The van der Waals surface area contributed by atoms with Gasteiger partial charge in [-0.15, -0.1) is 0 Å². The summed E-state index contributed by atoms with van der Waals surface area (Å²) in [5.74, 6) is -1.33. The van der Waals surface area contributed by atoms with Crippen molar-refractivity contribution in [3.63, 3.8) is 0 Å². The van der Waals surface area contributed by atoms with Gasteiger partial charge >= 0.3 is 5.97 Å². The van der Waals surface area contributed by atoms with Crippen molar-refractivity contribution in [2.75, 3.05) is 0 Å². The number of pyridine rings is 1. The highest BCUT2D eigenvalue weighted by Gasteiger charge is 2.20. The lowest BCUT2D eigenvalue weighted by atomic mass is 10.0. The Bertz CT molecular complexity index is 1080. The van der Waals surface area contributed by atoms with E-state index in [1.165, 1.54) is 18.2 Å². The van der Waals surface area contributed by atoms with Crippen LogP contribution in [0.2, 0.25) is 0 Å². The number of halogens is 1. The Balaban J connectivity index is 2.08. The quantitative estimate of drug-likeness (QED) is 0.456. The molecule has 0 unspecified atom stereocenters. The number of carboxylic acid groups (broad SMARTS) is 1. The van der Waals surface area contributed by atoms with Crippen molar-refractivity contribution >= 4 is 12.2 Å². The number of aliphatic hydroxyl groups excluding tert-OH is 2. The Morgan fingerprint density at radius 2 is 1.88 bits per heavy atom. The van der Waals surface area contributed by atoms with Crippen LogP contribution in [-0.4, -0.2) is 43.0 Å². The van der Waals surface area contributed by atoms with Crippen molar-refractivity contribution in [1.82, 2.24) is 9.55 Å². The average Bonchev–Trinajstić information content (AvgIpc) is 3.12. The second-order valence-corrected chi connectivity index (χ2v) is 7.97. The molecule has 0 aliphatic carbocycles. The summed E-state index contributed by atoms with van der Waals surface area (Å²) < 4.78 is 15.5. The van der Waals surface area contributed by atoms with Crippen molar-refractivity contribution in [2.45, 2.75) is 44.8 Å². The summed E-state index contributed by atoms with van der Waals surface area (Å²) >= 11 is 0. The van der Waals surface area contributed by atoms with E-state index in [-0.39, 0.29) is 18.2 Å². The molecule has 32 heavy (non-hydrogen) atoms. The van der Waals surface area contributed by atoms with Crippen LogP contribution in [0.25, 0.3) is 28.7 Å². The van der Waals surface area contributed by atoms with Gasteiger partial charge in [0.05, 0.1) is 30.0 Å². The third kappa shape index (κ3) is 5.69. The van der Waals surface area contributed by atoms with Crippen LogP contribution < -0.4 is 0 Å². The van der Waals surface area contributed by atoms with Gasteiger partial charge in [-0.25, -0.2) is 4.39 Å². The van der Waals surface area contributed by atoms with E-state index in [1.807, 2.05) is 42.7 Å². The number of aliphatic carboxylic acids is 1. The number of aliphatic hydroxyl groups is 2. The van der Waals surface area contributed by atoms with Gasteiger partial charge < -0.3 is 19.9 Å². The molecule has 0 aliphatic rings. The van der Waals surface area contributed by atoms with Crippen molar-refractivity contribution in [1.29, 1.82) is 0 Å². The molecule has 0 saturated carbocycles. The van der Waals surface area contributed by atoms with E-state index in [2.05, 4.69) is 4.98 Å². The monoisotopic (exact) mass is 438 g/mol. The zero-order valence-corrected chi connectivity index (χ0v) is 18.0. The Hall–Kier alpha value is -3.29. The van der Waals surface area contributed by atoms with Gasteiger partial charge in [0.15, 0.2) is 0 Å². The highest BCUT2D eigenvalue weighted by Crippen LogP contribution is 2.37. The van der Waals surface area contributed by atoms with Gasteiger partial charge in [0.1, 0.15) is 5.82 Å². The smallest absolute Gasteiger partial charge is 0.305 e. The van der Waals surface area contributed by atoms with Crippen molar-refractivity contribution in [2.24, 2.45) is 0 Å². The molecule has 3 rings (SSSR count). The number of hydrogen-bond donors (Lipinski definition) is 3. The first kappa shape index (κ1) is 23.4. The van der Waals surface area contributed by atoms with E-state index in [0.29, 0.717) is 0 Å². The lowest BCUT2D eigenvalue weighted by molar-refractivity contribution is -0.139. The maximum atomic E-state index is 13.6. The van der Waals surface area contributed by atoms with Gasteiger partial charge in [-0.1, -0.05) is 19.9 Å². The normalized spacial score (nSPS) is 13.6. The summed E-state index contributed by atoms with van der Waals surface area (Å²) in [6, 6.07) is 13.8. The minimum atomic E-state index is -1.15. The van der Waals surface area contributed by atoms with Crippen LogP contribution in [0.4, 0.5) is 4.39 Å². The van der Waals surface area contributed by atoms with E-state index >= 15 is 0 Å². The highest BCUT2D eigenvalue weighted by molar-refractivity contribution is 5.82. The number of hydrogen-bond acceptors (Lipinski definition) is 4. The second-order valence-electron chi connectivity index (χ2n) is 7.97. The number of benzene rings is 1. The maximum Gasteiger partial charge on any atom is 0.305 e. The first-order valence-electron chi connectivity index (χ1n) is 10.4. The number of carbonyl (C=O) groups is 1. The van der Waals surface area contributed by atoms with E-state index in [4.69, 9.17) is 5.11 Å². The van der Waals surface area contributed by atoms with Gasteiger partial charge in [0, 0.05) is 30.1 Å². The fraction of sp³-hybridized carbons (Fsp3) is 0.280. The third-order valence-corrected chi connectivity index (χ3v) is 5.10. The van der Waals surface area contributed by atoms with E-state index < -0.39 is 24.6 Å². The van der Waals surface area contributed by atoms with Crippen molar-refractivity contribution in [3.05, 3.63) is 72.3 Å². The van der Waals surface area contributed by atoms with Crippen LogP contribution in [0, 0.1) is 5.82 Å². The van der Waals surface area contributed by atoms with E-state index in [0.717, 1.165) is 28.2 Å².